The number of aromatic nitrogens is 1. The monoisotopic (exact) mass is 384 g/mol. The zero-order valence-electron chi connectivity index (χ0n) is 15.2. The predicted molar refractivity (Wildman–Crippen MR) is 106 cm³/mol. The van der Waals surface area contributed by atoms with Crippen molar-refractivity contribution < 1.29 is 13.9 Å². The molecule has 1 atom stereocenters. The number of fused-ring (bicyclic) bond motifs is 1. The van der Waals surface area contributed by atoms with Crippen LogP contribution in [0, 0.1) is 12.7 Å². The lowest BCUT2D eigenvalue weighted by atomic mass is 10.1. The molecule has 1 aliphatic rings. The Hall–Kier alpha value is -2.31. The third-order valence-electron chi connectivity index (χ3n) is 4.76. The molecule has 6 heteroatoms. The van der Waals surface area contributed by atoms with Gasteiger partial charge in [0, 0.05) is 6.61 Å². The van der Waals surface area contributed by atoms with Crippen LogP contribution in [0.2, 0.25) is 0 Å². The Morgan fingerprint density at radius 2 is 2.11 bits per heavy atom. The van der Waals surface area contributed by atoms with Crippen LogP contribution < -0.4 is 4.90 Å². The van der Waals surface area contributed by atoms with E-state index in [0.29, 0.717) is 23.6 Å². The Kier molecular flexibility index (Phi) is 5.18. The third-order valence-corrected chi connectivity index (χ3v) is 5.80. The van der Waals surface area contributed by atoms with Crippen molar-refractivity contribution in [2.24, 2.45) is 0 Å². The maximum atomic E-state index is 13.5. The van der Waals surface area contributed by atoms with E-state index in [-0.39, 0.29) is 17.8 Å². The second-order valence-corrected chi connectivity index (χ2v) is 7.92. The summed E-state index contributed by atoms with van der Waals surface area (Å²) in [6.45, 7) is 3.23. The molecule has 0 radical (unpaired) electrons. The van der Waals surface area contributed by atoms with E-state index in [1.165, 1.54) is 23.5 Å². The van der Waals surface area contributed by atoms with Gasteiger partial charge in [-0.25, -0.2) is 9.37 Å². The number of rotatable bonds is 5. The fourth-order valence-electron chi connectivity index (χ4n) is 3.26. The van der Waals surface area contributed by atoms with Crippen molar-refractivity contribution in [2.75, 3.05) is 18.1 Å². The molecule has 0 saturated carbocycles. The molecule has 4 nitrogen and oxygen atoms in total. The standard InChI is InChI=1S/C21H21FN2O2S/c1-14-4-6-15(7-5-14)11-20(25)24(13-17-3-2-10-26-17)21-23-18-9-8-16(22)12-19(18)27-21/h4-9,12,17H,2-3,10-11,13H2,1H3. The molecule has 0 N–H and O–H groups in total. The molecule has 1 unspecified atom stereocenters. The van der Waals surface area contributed by atoms with Crippen LogP contribution in [0.25, 0.3) is 10.2 Å². The number of hydrogen-bond donors (Lipinski definition) is 0. The average molecular weight is 384 g/mol. The van der Waals surface area contributed by atoms with Gasteiger partial charge in [-0.15, -0.1) is 0 Å². The van der Waals surface area contributed by atoms with Gasteiger partial charge in [0.05, 0.1) is 29.3 Å². The van der Waals surface area contributed by atoms with Gasteiger partial charge in [-0.1, -0.05) is 41.2 Å². The molecule has 1 saturated heterocycles. The van der Waals surface area contributed by atoms with Crippen molar-refractivity contribution in [3.05, 3.63) is 59.4 Å². The molecule has 0 aliphatic carbocycles. The first-order chi connectivity index (χ1) is 13.1. The minimum Gasteiger partial charge on any atom is -0.376 e. The first-order valence-corrected chi connectivity index (χ1v) is 9.94. The number of aryl methyl sites for hydroxylation is 1. The zero-order valence-corrected chi connectivity index (χ0v) is 16.0. The van der Waals surface area contributed by atoms with Gasteiger partial charge in [-0.2, -0.15) is 0 Å². The quantitative estimate of drug-likeness (QED) is 0.650. The summed E-state index contributed by atoms with van der Waals surface area (Å²) < 4.78 is 20.0. The van der Waals surface area contributed by atoms with E-state index in [9.17, 15) is 9.18 Å². The SMILES string of the molecule is Cc1ccc(CC(=O)N(CC2CCCO2)c2nc3ccc(F)cc3s2)cc1. The molecule has 0 spiro atoms. The second kappa shape index (κ2) is 7.74. The second-order valence-electron chi connectivity index (χ2n) is 6.91. The summed E-state index contributed by atoms with van der Waals surface area (Å²) in [5.41, 5.74) is 2.84. The number of hydrogen-bond acceptors (Lipinski definition) is 4. The van der Waals surface area contributed by atoms with E-state index >= 15 is 0 Å². The van der Waals surface area contributed by atoms with Crippen LogP contribution in [-0.4, -0.2) is 30.1 Å². The van der Waals surface area contributed by atoms with E-state index in [1.54, 1.807) is 11.0 Å². The topological polar surface area (TPSA) is 42.4 Å². The fourth-order valence-corrected chi connectivity index (χ4v) is 4.27. The van der Waals surface area contributed by atoms with Crippen molar-refractivity contribution in [2.45, 2.75) is 32.3 Å². The molecule has 1 aliphatic heterocycles. The molecule has 2 heterocycles. The number of ether oxygens (including phenoxy) is 1. The molecule has 140 valence electrons. The number of thiazole rings is 1. The average Bonchev–Trinajstić information content (AvgIpc) is 3.30. The highest BCUT2D eigenvalue weighted by Gasteiger charge is 2.26. The number of carbonyl (C=O) groups is 1. The summed E-state index contributed by atoms with van der Waals surface area (Å²) >= 11 is 1.34. The Bertz CT molecular complexity index is 948. The van der Waals surface area contributed by atoms with Gasteiger partial charge < -0.3 is 4.74 Å². The Morgan fingerprint density at radius 3 is 2.85 bits per heavy atom. The lowest BCUT2D eigenvalue weighted by molar-refractivity contribution is -0.118. The van der Waals surface area contributed by atoms with Crippen molar-refractivity contribution in [1.29, 1.82) is 0 Å². The normalized spacial score (nSPS) is 16.7. The predicted octanol–water partition coefficient (Wildman–Crippen LogP) is 4.50. The first-order valence-electron chi connectivity index (χ1n) is 9.12. The number of halogens is 1. The van der Waals surface area contributed by atoms with Crippen LogP contribution in [0.5, 0.6) is 0 Å². The van der Waals surface area contributed by atoms with Crippen molar-refractivity contribution in [3.8, 4) is 0 Å². The lowest BCUT2D eigenvalue weighted by Gasteiger charge is -2.23. The van der Waals surface area contributed by atoms with Crippen LogP contribution >= 0.6 is 11.3 Å². The van der Waals surface area contributed by atoms with E-state index in [2.05, 4.69) is 4.98 Å². The molecule has 0 bridgehead atoms. The summed E-state index contributed by atoms with van der Waals surface area (Å²) in [4.78, 5) is 19.4. The van der Waals surface area contributed by atoms with Gasteiger partial charge in [0.1, 0.15) is 5.82 Å². The van der Waals surface area contributed by atoms with Crippen LogP contribution in [0.3, 0.4) is 0 Å². The van der Waals surface area contributed by atoms with Crippen LogP contribution in [0.1, 0.15) is 24.0 Å². The largest absolute Gasteiger partial charge is 0.376 e. The Labute approximate surface area is 161 Å². The van der Waals surface area contributed by atoms with Gasteiger partial charge in [-0.3, -0.25) is 9.69 Å². The summed E-state index contributed by atoms with van der Waals surface area (Å²) in [6.07, 6.45) is 2.27. The molecule has 4 rings (SSSR count). The van der Waals surface area contributed by atoms with Crippen LogP contribution in [0.15, 0.2) is 42.5 Å². The Morgan fingerprint density at radius 1 is 1.30 bits per heavy atom. The van der Waals surface area contributed by atoms with E-state index < -0.39 is 0 Å². The molecule has 1 fully saturated rings. The molecule has 2 aromatic carbocycles. The summed E-state index contributed by atoms with van der Waals surface area (Å²) in [5, 5.41) is 0.600. The highest BCUT2D eigenvalue weighted by molar-refractivity contribution is 7.22. The lowest BCUT2D eigenvalue weighted by Crippen LogP contribution is -2.38. The van der Waals surface area contributed by atoms with Crippen LogP contribution in [0.4, 0.5) is 9.52 Å². The smallest absolute Gasteiger partial charge is 0.233 e. The molecule has 1 aromatic heterocycles. The number of carbonyl (C=O) groups excluding carboxylic acids is 1. The summed E-state index contributed by atoms with van der Waals surface area (Å²) in [7, 11) is 0. The molecular formula is C21H21FN2O2S. The van der Waals surface area contributed by atoms with Crippen molar-refractivity contribution in [3.63, 3.8) is 0 Å². The minimum absolute atomic E-state index is 0.0196. The van der Waals surface area contributed by atoms with Gasteiger partial charge >= 0.3 is 0 Å². The maximum Gasteiger partial charge on any atom is 0.233 e. The summed E-state index contributed by atoms with van der Waals surface area (Å²) in [5.74, 6) is -0.316. The van der Waals surface area contributed by atoms with Crippen molar-refractivity contribution in [1.82, 2.24) is 4.98 Å². The molecular weight excluding hydrogens is 363 g/mol. The number of amides is 1. The number of nitrogens with zero attached hydrogens (tertiary/aromatic N) is 2. The maximum absolute atomic E-state index is 13.5. The first kappa shape index (κ1) is 18.1. The fraction of sp³-hybridized carbons (Fsp3) is 0.333. The van der Waals surface area contributed by atoms with Gasteiger partial charge in [-0.05, 0) is 43.5 Å². The number of benzene rings is 2. The van der Waals surface area contributed by atoms with E-state index in [1.807, 2.05) is 31.2 Å². The minimum atomic E-state index is -0.297. The van der Waals surface area contributed by atoms with Gasteiger partial charge in [0.25, 0.3) is 0 Å². The van der Waals surface area contributed by atoms with Gasteiger partial charge in [0.2, 0.25) is 5.91 Å². The zero-order chi connectivity index (χ0) is 18.8. The molecule has 1 amide bonds. The van der Waals surface area contributed by atoms with Gasteiger partial charge in [0.15, 0.2) is 5.13 Å². The summed E-state index contributed by atoms with van der Waals surface area (Å²) in [6, 6.07) is 12.5. The number of anilines is 1. The highest BCUT2D eigenvalue weighted by Crippen LogP contribution is 2.31. The third kappa shape index (κ3) is 4.17. The van der Waals surface area contributed by atoms with Crippen LogP contribution in [-0.2, 0) is 16.0 Å². The van der Waals surface area contributed by atoms with E-state index in [0.717, 1.165) is 35.3 Å². The highest BCUT2D eigenvalue weighted by atomic mass is 32.1. The van der Waals surface area contributed by atoms with Crippen molar-refractivity contribution >= 4 is 32.6 Å². The molecule has 27 heavy (non-hydrogen) atoms. The molecule has 3 aromatic rings. The Balaban J connectivity index is 1.62. The van der Waals surface area contributed by atoms with E-state index in [4.69, 9.17) is 4.74 Å².